The second-order valence-electron chi connectivity index (χ2n) is 6.70. The minimum atomic E-state index is 0.0669. The van der Waals surface area contributed by atoms with E-state index in [9.17, 15) is 4.79 Å². The van der Waals surface area contributed by atoms with Gasteiger partial charge in [0.2, 0.25) is 0 Å². The molecule has 1 aromatic heterocycles. The summed E-state index contributed by atoms with van der Waals surface area (Å²) in [6, 6.07) is 2.16. The highest BCUT2D eigenvalue weighted by atomic mass is 16.5. The number of amides is 1. The van der Waals surface area contributed by atoms with Gasteiger partial charge >= 0.3 is 0 Å². The minimum Gasteiger partial charge on any atom is -0.472 e. The van der Waals surface area contributed by atoms with Crippen LogP contribution in [0.2, 0.25) is 0 Å². The van der Waals surface area contributed by atoms with Crippen molar-refractivity contribution in [2.75, 3.05) is 53.4 Å². The van der Waals surface area contributed by atoms with Crippen molar-refractivity contribution in [2.45, 2.75) is 25.0 Å². The van der Waals surface area contributed by atoms with E-state index in [1.54, 1.807) is 12.3 Å². The van der Waals surface area contributed by atoms with E-state index < -0.39 is 0 Å². The molecule has 0 radical (unpaired) electrons. The number of ether oxygens (including phenoxy) is 1. The molecule has 2 atom stereocenters. The molecule has 2 aliphatic rings. The summed E-state index contributed by atoms with van der Waals surface area (Å²) in [7, 11) is 4.21. The Labute approximate surface area is 138 Å². The zero-order valence-corrected chi connectivity index (χ0v) is 14.1. The highest BCUT2D eigenvalue weighted by Crippen LogP contribution is 2.24. The van der Waals surface area contributed by atoms with E-state index in [4.69, 9.17) is 9.15 Å². The van der Waals surface area contributed by atoms with Gasteiger partial charge in [-0.05, 0) is 33.0 Å². The number of likely N-dealkylation sites (N-methyl/N-ethyl adjacent to an activating group) is 1. The van der Waals surface area contributed by atoms with Crippen LogP contribution >= 0.6 is 0 Å². The van der Waals surface area contributed by atoms with Crippen molar-refractivity contribution < 1.29 is 13.9 Å². The molecule has 23 heavy (non-hydrogen) atoms. The highest BCUT2D eigenvalue weighted by Gasteiger charge is 2.35. The van der Waals surface area contributed by atoms with Gasteiger partial charge in [-0.15, -0.1) is 0 Å². The normalized spacial score (nSPS) is 26.1. The number of morpholine rings is 1. The van der Waals surface area contributed by atoms with E-state index in [1.807, 2.05) is 4.90 Å². The Kier molecular flexibility index (Phi) is 5.35. The maximum Gasteiger partial charge on any atom is 0.257 e. The van der Waals surface area contributed by atoms with Gasteiger partial charge < -0.3 is 19.0 Å². The van der Waals surface area contributed by atoms with Crippen LogP contribution in [0, 0.1) is 0 Å². The fraction of sp³-hybridized carbons (Fsp3) is 0.706. The molecular weight excluding hydrogens is 294 g/mol. The lowest BCUT2D eigenvalue weighted by molar-refractivity contribution is -0.0724. The van der Waals surface area contributed by atoms with Crippen molar-refractivity contribution in [2.24, 2.45) is 0 Å². The number of likely N-dealkylation sites (tertiary alicyclic amines) is 1. The van der Waals surface area contributed by atoms with Gasteiger partial charge in [0.05, 0.1) is 24.5 Å². The predicted octanol–water partition coefficient (Wildman–Crippen LogP) is 1.15. The lowest BCUT2D eigenvalue weighted by Crippen LogP contribution is -2.52. The summed E-state index contributed by atoms with van der Waals surface area (Å²) in [4.78, 5) is 19.2. The monoisotopic (exact) mass is 321 g/mol. The zero-order chi connectivity index (χ0) is 16.2. The number of carbonyl (C=O) groups is 1. The molecular formula is C17H27N3O3. The summed E-state index contributed by atoms with van der Waals surface area (Å²) in [5, 5.41) is 0. The van der Waals surface area contributed by atoms with Gasteiger partial charge in [-0.25, -0.2) is 0 Å². The molecule has 128 valence electrons. The highest BCUT2D eigenvalue weighted by molar-refractivity contribution is 5.93. The molecule has 0 N–H and O–H groups in total. The molecule has 2 aliphatic heterocycles. The van der Waals surface area contributed by atoms with Crippen molar-refractivity contribution >= 4 is 5.91 Å². The number of carbonyl (C=O) groups excluding carboxylic acids is 1. The van der Waals surface area contributed by atoms with Gasteiger partial charge in [-0.1, -0.05) is 0 Å². The Morgan fingerprint density at radius 3 is 2.87 bits per heavy atom. The van der Waals surface area contributed by atoms with Crippen molar-refractivity contribution in [3.63, 3.8) is 0 Å². The molecule has 2 saturated heterocycles. The number of hydrogen-bond acceptors (Lipinski definition) is 5. The smallest absolute Gasteiger partial charge is 0.257 e. The van der Waals surface area contributed by atoms with Crippen LogP contribution in [0.5, 0.6) is 0 Å². The molecule has 1 aromatic rings. The largest absolute Gasteiger partial charge is 0.472 e. The quantitative estimate of drug-likeness (QED) is 0.832. The summed E-state index contributed by atoms with van der Waals surface area (Å²) < 4.78 is 11.0. The molecule has 0 aliphatic carbocycles. The summed E-state index contributed by atoms with van der Waals surface area (Å²) in [6.07, 6.45) is 5.21. The Morgan fingerprint density at radius 2 is 2.13 bits per heavy atom. The predicted molar refractivity (Wildman–Crippen MR) is 87.5 cm³/mol. The van der Waals surface area contributed by atoms with Gasteiger partial charge in [-0.3, -0.25) is 9.69 Å². The lowest BCUT2D eigenvalue weighted by Gasteiger charge is -2.40. The standard InChI is InChI=1S/C17H27N3O3/c1-18(2)8-9-19-10-12-23-16-4-7-20(6-3-15(16)19)17(21)14-5-11-22-13-14/h5,11,13,15-16H,3-4,6-10,12H2,1-2H3. The summed E-state index contributed by atoms with van der Waals surface area (Å²) in [6.45, 7) is 5.45. The van der Waals surface area contributed by atoms with E-state index in [0.717, 1.165) is 52.2 Å². The van der Waals surface area contributed by atoms with Crippen LogP contribution in [0.1, 0.15) is 23.2 Å². The Bertz CT molecular complexity index is 503. The van der Waals surface area contributed by atoms with Crippen LogP contribution in [0.25, 0.3) is 0 Å². The molecule has 3 heterocycles. The number of nitrogens with zero attached hydrogens (tertiary/aromatic N) is 3. The molecule has 0 aromatic carbocycles. The van der Waals surface area contributed by atoms with Crippen LogP contribution in [0.3, 0.4) is 0 Å². The molecule has 6 nitrogen and oxygen atoms in total. The van der Waals surface area contributed by atoms with Crippen molar-refractivity contribution in [1.29, 1.82) is 0 Å². The molecule has 0 bridgehead atoms. The average Bonchev–Trinajstić information content (AvgIpc) is 2.99. The SMILES string of the molecule is CN(C)CCN1CCOC2CCN(C(=O)c3ccoc3)CCC21. The summed E-state index contributed by atoms with van der Waals surface area (Å²) in [5.74, 6) is 0.0669. The van der Waals surface area contributed by atoms with Crippen LogP contribution in [0.4, 0.5) is 0 Å². The van der Waals surface area contributed by atoms with E-state index >= 15 is 0 Å². The van der Waals surface area contributed by atoms with E-state index in [2.05, 4.69) is 23.9 Å². The number of hydrogen-bond donors (Lipinski definition) is 0. The van der Waals surface area contributed by atoms with Crippen LogP contribution in [-0.4, -0.2) is 86.2 Å². The fourth-order valence-electron chi connectivity index (χ4n) is 3.54. The third-order valence-electron chi connectivity index (χ3n) is 4.88. The molecule has 0 spiro atoms. The first-order valence-electron chi connectivity index (χ1n) is 8.47. The second-order valence-corrected chi connectivity index (χ2v) is 6.70. The number of fused-ring (bicyclic) bond motifs is 1. The summed E-state index contributed by atoms with van der Waals surface area (Å²) >= 11 is 0. The third-order valence-corrected chi connectivity index (χ3v) is 4.88. The summed E-state index contributed by atoms with van der Waals surface area (Å²) in [5.41, 5.74) is 0.639. The van der Waals surface area contributed by atoms with Gasteiger partial charge in [0.1, 0.15) is 6.26 Å². The fourth-order valence-corrected chi connectivity index (χ4v) is 3.54. The Morgan fingerprint density at radius 1 is 1.30 bits per heavy atom. The molecule has 3 rings (SSSR count). The van der Waals surface area contributed by atoms with Crippen molar-refractivity contribution in [3.05, 3.63) is 24.2 Å². The van der Waals surface area contributed by atoms with Crippen molar-refractivity contribution in [3.8, 4) is 0 Å². The first-order chi connectivity index (χ1) is 11.1. The molecule has 6 heteroatoms. The Balaban J connectivity index is 1.63. The van der Waals surface area contributed by atoms with E-state index in [1.165, 1.54) is 6.26 Å². The molecule has 2 unspecified atom stereocenters. The van der Waals surface area contributed by atoms with Crippen molar-refractivity contribution in [1.82, 2.24) is 14.7 Å². The first kappa shape index (κ1) is 16.5. The van der Waals surface area contributed by atoms with Crippen LogP contribution in [-0.2, 0) is 4.74 Å². The average molecular weight is 321 g/mol. The van der Waals surface area contributed by atoms with Gasteiger partial charge in [0.15, 0.2) is 0 Å². The third kappa shape index (κ3) is 3.94. The maximum atomic E-state index is 12.5. The maximum absolute atomic E-state index is 12.5. The lowest BCUT2D eigenvalue weighted by atomic mass is 10.0. The molecule has 2 fully saturated rings. The number of rotatable bonds is 4. The minimum absolute atomic E-state index is 0.0669. The van der Waals surface area contributed by atoms with E-state index in [0.29, 0.717) is 11.6 Å². The second kappa shape index (κ2) is 7.47. The van der Waals surface area contributed by atoms with Gasteiger partial charge in [0.25, 0.3) is 5.91 Å². The molecule has 0 saturated carbocycles. The topological polar surface area (TPSA) is 49.2 Å². The number of furan rings is 1. The first-order valence-corrected chi connectivity index (χ1v) is 8.47. The Hall–Kier alpha value is -1.37. The van der Waals surface area contributed by atoms with Crippen LogP contribution < -0.4 is 0 Å². The van der Waals surface area contributed by atoms with Gasteiger partial charge in [-0.2, -0.15) is 0 Å². The molecule has 1 amide bonds. The van der Waals surface area contributed by atoms with E-state index in [-0.39, 0.29) is 12.0 Å². The van der Waals surface area contributed by atoms with Crippen LogP contribution in [0.15, 0.2) is 23.0 Å². The van der Waals surface area contributed by atoms with Gasteiger partial charge in [0, 0.05) is 38.8 Å². The zero-order valence-electron chi connectivity index (χ0n) is 14.1.